The van der Waals surface area contributed by atoms with E-state index in [1.807, 2.05) is 84.9 Å². The van der Waals surface area contributed by atoms with Crippen molar-refractivity contribution in [2.45, 2.75) is 105 Å². The Morgan fingerprint density at radius 1 is 0.311 bits per heavy atom. The Hall–Kier alpha value is -8.36. The lowest BCUT2D eigenvalue weighted by molar-refractivity contribution is 0.0245. The van der Waals surface area contributed by atoms with Gasteiger partial charge in [0.05, 0.1) is 66.1 Å². The highest BCUT2D eigenvalue weighted by Crippen LogP contribution is 2.50. The largest absolute Gasteiger partial charge is 0.491 e. The van der Waals surface area contributed by atoms with Gasteiger partial charge in [0, 0.05) is 66.1 Å². The van der Waals surface area contributed by atoms with Gasteiger partial charge in [0.2, 0.25) is 0 Å². The van der Waals surface area contributed by atoms with Gasteiger partial charge in [0.25, 0.3) is 0 Å². The summed E-state index contributed by atoms with van der Waals surface area (Å²) < 4.78 is 50.8. The number of aliphatic hydroxyl groups excluding tert-OH is 2. The average Bonchev–Trinajstić information content (AvgIpc) is 1.46. The molecule has 0 radical (unpaired) electrons. The maximum absolute atomic E-state index is 9.14. The molecule has 6 aromatic carbocycles. The number of nitrogens with one attached hydrogen (secondary N) is 2. The summed E-state index contributed by atoms with van der Waals surface area (Å²) in [6, 6.07) is 36.3. The summed E-state index contributed by atoms with van der Waals surface area (Å²) >= 11 is 0. The van der Waals surface area contributed by atoms with Gasteiger partial charge < -0.3 is 58.1 Å². The molecule has 11 rings (SSSR count). The summed E-state index contributed by atoms with van der Waals surface area (Å²) in [5.41, 5.74) is 7.42. The van der Waals surface area contributed by atoms with Crippen LogP contribution in [-0.4, -0.2) is 129 Å². The van der Waals surface area contributed by atoms with Crippen LogP contribution in [0.1, 0.15) is 105 Å². The van der Waals surface area contributed by atoms with Gasteiger partial charge >= 0.3 is 0 Å². The smallest absolute Gasteiger partial charge is 0.170 e. The second-order valence-corrected chi connectivity index (χ2v) is 26.6. The van der Waals surface area contributed by atoms with Crippen molar-refractivity contribution < 1.29 is 48.1 Å². The van der Waals surface area contributed by atoms with Crippen LogP contribution in [0.2, 0.25) is 0 Å². The fraction of sp³-hybridized carbons (Fsp3) is 0.389. The second kappa shape index (κ2) is 26.2. The fourth-order valence-electron chi connectivity index (χ4n) is 11.1. The molecule has 3 aromatic heterocycles. The van der Waals surface area contributed by atoms with E-state index in [-0.39, 0.29) is 26.4 Å². The van der Waals surface area contributed by atoms with Crippen molar-refractivity contribution in [3.8, 4) is 80.0 Å². The van der Waals surface area contributed by atoms with Crippen molar-refractivity contribution >= 4 is 44.1 Å². The molecule has 2 aliphatic rings. The molecule has 8 bridgehead atoms. The van der Waals surface area contributed by atoms with Crippen LogP contribution in [0.5, 0.6) is 34.5 Å². The van der Waals surface area contributed by atoms with Crippen molar-refractivity contribution in [2.75, 3.05) is 79.3 Å². The number of nitrogens with zero attached hydrogens (tertiary/aromatic N) is 6. The van der Waals surface area contributed by atoms with Crippen LogP contribution < -0.4 is 18.9 Å². The quantitative estimate of drug-likeness (QED) is 0.0463. The third-order valence-electron chi connectivity index (χ3n) is 15.6. The van der Waals surface area contributed by atoms with Gasteiger partial charge in [-0.05, 0) is 58.1 Å². The standard InChI is InChI=1S/C72H82N8O10/c1-69(2,3)51-41-57(53(71(7,8)9)39-55(51)87-35-33-85-31-29-83-27-25-81)89-59-37-49-50(38-60(59)90-58-42-52(70(4,5)6)56(40-54(58)72(10,11)12)88-36-34-86-32-30-84-28-26-82)68-79-66-48-24-18-16-22-46(48)64(77-66)75-62-44-20-14-13-19-43(44)61(73-62)74-63-45-21-15-17-23-47(45)65(76-63)78-67(49)80-68/h13-24,37-42,81-82H,25-36H2,1-12H3,(H2,73,74,75,76,77,78,79,80). The molecule has 0 saturated carbocycles. The average molecular weight is 1220 g/mol. The van der Waals surface area contributed by atoms with Gasteiger partial charge in [-0.1, -0.05) is 156 Å². The molecule has 0 fully saturated rings. The first-order chi connectivity index (χ1) is 43.1. The highest BCUT2D eigenvalue weighted by atomic mass is 16.6. The summed E-state index contributed by atoms with van der Waals surface area (Å²) in [5.74, 6) is 5.40. The lowest BCUT2D eigenvalue weighted by Gasteiger charge is -2.30. The van der Waals surface area contributed by atoms with Gasteiger partial charge in [-0.3, -0.25) is 0 Å². The predicted molar refractivity (Wildman–Crippen MR) is 352 cm³/mol. The van der Waals surface area contributed by atoms with Gasteiger partial charge in [0.1, 0.15) is 58.8 Å². The second-order valence-electron chi connectivity index (χ2n) is 26.6. The molecule has 2 aliphatic heterocycles. The minimum Gasteiger partial charge on any atom is -0.491 e. The molecule has 470 valence electrons. The van der Waals surface area contributed by atoms with E-state index in [9.17, 15) is 0 Å². The number of fused-ring (bicyclic) bond motifs is 20. The first-order valence-electron chi connectivity index (χ1n) is 30.9. The third kappa shape index (κ3) is 13.8. The summed E-state index contributed by atoms with van der Waals surface area (Å²) in [5, 5.41) is 21.4. The van der Waals surface area contributed by atoms with E-state index in [0.29, 0.717) is 133 Å². The summed E-state index contributed by atoms with van der Waals surface area (Å²) in [6.07, 6.45) is 0. The SMILES string of the molecule is CC(C)(C)c1cc(Oc2cc3c4nc5nc(nc6[nH]c(nc7nc(nc([nH]4)c3cc2Oc2cc(C(C)(C)C)c(OCCOCCOCCO)cc2C(C)(C)C)-c2ccccc2-7)c2ccccc62)-c2ccccc2-5)c(C(C)(C)C)cc1OCCOCCOCCO. The maximum atomic E-state index is 9.14. The lowest BCUT2D eigenvalue weighted by atomic mass is 9.80. The van der Waals surface area contributed by atoms with Gasteiger partial charge in [-0.15, -0.1) is 0 Å². The Balaban J connectivity index is 1.15. The normalized spacial score (nSPS) is 12.6. The zero-order valence-electron chi connectivity index (χ0n) is 53.7. The van der Waals surface area contributed by atoms with E-state index in [0.717, 1.165) is 66.8 Å². The first kappa shape index (κ1) is 63.2. The molecular formula is C72H82N8O10. The maximum Gasteiger partial charge on any atom is 0.170 e. The van der Waals surface area contributed by atoms with E-state index >= 15 is 0 Å². The van der Waals surface area contributed by atoms with Crippen LogP contribution in [0.15, 0.2) is 109 Å². The van der Waals surface area contributed by atoms with Crippen molar-refractivity contribution in [1.82, 2.24) is 39.9 Å². The Morgan fingerprint density at radius 2 is 0.589 bits per heavy atom. The van der Waals surface area contributed by atoms with Crippen LogP contribution in [0.25, 0.3) is 89.7 Å². The topological polar surface area (TPSA) is 223 Å². The highest BCUT2D eigenvalue weighted by molar-refractivity contribution is 6.07. The van der Waals surface area contributed by atoms with Gasteiger partial charge in [0.15, 0.2) is 34.8 Å². The van der Waals surface area contributed by atoms with E-state index in [4.69, 9.17) is 78.0 Å². The van der Waals surface area contributed by atoms with Crippen molar-refractivity contribution in [1.29, 1.82) is 0 Å². The van der Waals surface area contributed by atoms with Crippen LogP contribution >= 0.6 is 0 Å². The summed E-state index contributed by atoms with van der Waals surface area (Å²) in [7, 11) is 0. The van der Waals surface area contributed by atoms with Gasteiger partial charge in [-0.25, -0.2) is 29.9 Å². The van der Waals surface area contributed by atoms with E-state index in [1.165, 1.54) is 0 Å². The molecule has 0 saturated heterocycles. The predicted octanol–water partition coefficient (Wildman–Crippen LogP) is 14.5. The Bertz CT molecular complexity index is 4000. The number of aromatic amines is 2. The van der Waals surface area contributed by atoms with Crippen molar-refractivity contribution in [3.63, 3.8) is 0 Å². The number of ether oxygens (including phenoxy) is 8. The lowest BCUT2D eigenvalue weighted by Crippen LogP contribution is -2.19. The Morgan fingerprint density at radius 3 is 0.911 bits per heavy atom. The molecule has 5 heterocycles. The summed E-state index contributed by atoms with van der Waals surface area (Å²) in [4.78, 5) is 38.8. The Kier molecular flexibility index (Phi) is 18.4. The number of benzene rings is 6. The first-order valence-corrected chi connectivity index (χ1v) is 30.9. The molecule has 0 amide bonds. The van der Waals surface area contributed by atoms with Gasteiger partial charge in [-0.2, -0.15) is 0 Å². The Labute approximate surface area is 525 Å². The minimum absolute atomic E-state index is 0.0403. The number of hydrogen-bond donors (Lipinski definition) is 4. The third-order valence-corrected chi connectivity index (χ3v) is 15.6. The molecule has 90 heavy (non-hydrogen) atoms. The molecule has 0 aliphatic carbocycles. The molecule has 0 spiro atoms. The number of rotatable bonds is 22. The van der Waals surface area contributed by atoms with E-state index in [2.05, 4.69) is 117 Å². The molecule has 4 N–H and O–H groups in total. The molecule has 18 heteroatoms. The number of aromatic nitrogens is 8. The highest BCUT2D eigenvalue weighted by Gasteiger charge is 2.32. The monoisotopic (exact) mass is 1220 g/mol. The minimum atomic E-state index is -0.450. The molecule has 0 atom stereocenters. The number of H-pyrrole nitrogens is 2. The fourth-order valence-corrected chi connectivity index (χ4v) is 11.1. The van der Waals surface area contributed by atoms with Crippen LogP contribution in [-0.2, 0) is 40.6 Å². The zero-order chi connectivity index (χ0) is 63.5. The molecule has 0 unspecified atom stereocenters. The van der Waals surface area contributed by atoms with Crippen LogP contribution in [0, 0.1) is 0 Å². The van der Waals surface area contributed by atoms with Crippen molar-refractivity contribution in [2.24, 2.45) is 0 Å². The van der Waals surface area contributed by atoms with Crippen LogP contribution in [0.3, 0.4) is 0 Å². The summed E-state index contributed by atoms with van der Waals surface area (Å²) in [6.45, 7) is 29.1. The molecule has 18 nitrogen and oxygen atoms in total. The van der Waals surface area contributed by atoms with E-state index < -0.39 is 21.7 Å². The molecular weight excluding hydrogens is 1140 g/mol. The molecule has 9 aromatic rings. The zero-order valence-corrected chi connectivity index (χ0v) is 53.7. The van der Waals surface area contributed by atoms with E-state index in [1.54, 1.807) is 0 Å². The number of hydrogen-bond acceptors (Lipinski definition) is 16. The van der Waals surface area contributed by atoms with Crippen LogP contribution in [0.4, 0.5) is 0 Å². The number of aliphatic hydroxyl groups is 2. The van der Waals surface area contributed by atoms with Crippen molar-refractivity contribution in [3.05, 3.63) is 131 Å².